The highest BCUT2D eigenvalue weighted by atomic mass is 127. The Morgan fingerprint density at radius 2 is 1.69 bits per heavy atom. The Hall–Kier alpha value is -2.63. The highest BCUT2D eigenvalue weighted by Gasteiger charge is 2.48. The zero-order valence-electron chi connectivity index (χ0n) is 18.7. The van der Waals surface area contributed by atoms with Crippen molar-refractivity contribution < 1.29 is 52.2 Å². The number of nitrogens with one attached hydrogen (secondary N) is 1. The Balaban J connectivity index is 0. The van der Waals surface area contributed by atoms with Gasteiger partial charge in [-0.25, -0.2) is 13.2 Å². The molecular weight excluding hydrogens is 615 g/mol. The molecule has 15 heteroatoms. The smallest absolute Gasteiger partial charge is 0.300 e. The van der Waals surface area contributed by atoms with Crippen LogP contribution in [0.4, 0.5) is 38.7 Å². The number of aliphatic hydroxyl groups excluding tert-OH is 1. The second-order valence-electron chi connectivity index (χ2n) is 7.44. The van der Waals surface area contributed by atoms with Gasteiger partial charge in [0.25, 0.3) is 11.9 Å². The molecule has 1 atom stereocenters. The minimum atomic E-state index is -1.37. The average molecular weight is 641 g/mol. The molecule has 2 aromatic rings. The maximum Gasteiger partial charge on any atom is 0.300 e. The van der Waals surface area contributed by atoms with Gasteiger partial charge in [-0.2, -0.15) is 0 Å². The van der Waals surface area contributed by atoms with Crippen molar-refractivity contribution in [1.29, 1.82) is 0 Å². The standard InChI is InChI=1S/C19H19F3IN3O3.C2H4O2.3FH/c20-12-3-2-11(18(28)26-8-19(29,9-26)15(24)5-6-27)17(16(12)22)25-14-4-1-10(23)7-13(14)21;1-2(3)4;;;/h1-4,7,15,25,27,29H,5-6,8-9,24H2;1H3,(H,3,4);3*1H. The number of carbonyl (C=O) groups excluding carboxylic acids is 1. The lowest BCUT2D eigenvalue weighted by molar-refractivity contribution is -0.134. The van der Waals surface area contributed by atoms with E-state index in [1.165, 1.54) is 17.0 Å². The number of anilines is 2. The summed E-state index contributed by atoms with van der Waals surface area (Å²) in [6.07, 6.45) is 0.155. The van der Waals surface area contributed by atoms with E-state index in [-0.39, 0.29) is 51.5 Å². The van der Waals surface area contributed by atoms with Gasteiger partial charge in [0.1, 0.15) is 11.4 Å². The van der Waals surface area contributed by atoms with Crippen molar-refractivity contribution in [3.63, 3.8) is 0 Å². The highest BCUT2D eigenvalue weighted by molar-refractivity contribution is 14.1. The van der Waals surface area contributed by atoms with Crippen molar-refractivity contribution in [3.8, 4) is 0 Å². The predicted octanol–water partition coefficient (Wildman–Crippen LogP) is 2.90. The van der Waals surface area contributed by atoms with Crippen LogP contribution in [0.15, 0.2) is 30.3 Å². The number of aliphatic hydroxyl groups is 2. The van der Waals surface area contributed by atoms with E-state index >= 15 is 0 Å². The van der Waals surface area contributed by atoms with Crippen LogP contribution in [0.2, 0.25) is 0 Å². The summed E-state index contributed by atoms with van der Waals surface area (Å²) in [5, 5.41) is 29.2. The number of β-amino-alcohol motifs (C(OH)–C–C–N with tert-alkyl or cyclic N) is 1. The van der Waals surface area contributed by atoms with Crippen molar-refractivity contribution in [2.24, 2.45) is 5.73 Å². The Bertz CT molecular complexity index is 1040. The van der Waals surface area contributed by atoms with Gasteiger partial charge in [0.2, 0.25) is 0 Å². The van der Waals surface area contributed by atoms with Crippen LogP contribution < -0.4 is 11.1 Å². The first-order chi connectivity index (χ1) is 15.4. The maximum atomic E-state index is 14.5. The summed E-state index contributed by atoms with van der Waals surface area (Å²) >= 11 is 1.91. The van der Waals surface area contributed by atoms with Gasteiger partial charge in [-0.15, -0.1) is 0 Å². The first-order valence-electron chi connectivity index (χ1n) is 9.67. The van der Waals surface area contributed by atoms with Crippen molar-refractivity contribution in [3.05, 3.63) is 56.9 Å². The fourth-order valence-corrected chi connectivity index (χ4v) is 3.60. The van der Waals surface area contributed by atoms with Crippen molar-refractivity contribution in [2.45, 2.75) is 25.0 Å². The fourth-order valence-electron chi connectivity index (χ4n) is 3.15. The number of nitrogens with zero attached hydrogens (tertiary/aromatic N) is 1. The monoisotopic (exact) mass is 641 g/mol. The summed E-state index contributed by atoms with van der Waals surface area (Å²) in [7, 11) is 0. The minimum absolute atomic E-state index is 0. The lowest BCUT2D eigenvalue weighted by Crippen LogP contribution is -2.70. The molecule has 6 N–H and O–H groups in total. The van der Waals surface area contributed by atoms with E-state index in [9.17, 15) is 23.1 Å². The van der Waals surface area contributed by atoms with Crippen LogP contribution >= 0.6 is 22.6 Å². The number of hydrogen-bond acceptors (Lipinski definition) is 6. The summed E-state index contributed by atoms with van der Waals surface area (Å²) in [4.78, 5) is 23.0. The summed E-state index contributed by atoms with van der Waals surface area (Å²) in [5.74, 6) is -4.70. The molecule has 1 amide bonds. The number of carbonyl (C=O) groups is 2. The molecule has 0 aromatic heterocycles. The number of amides is 1. The summed E-state index contributed by atoms with van der Waals surface area (Å²) < 4.78 is 43.0. The number of halogens is 7. The Kier molecular flexibility index (Phi) is 14.6. The van der Waals surface area contributed by atoms with E-state index < -0.39 is 46.7 Å². The lowest BCUT2D eigenvalue weighted by atomic mass is 9.84. The molecule has 1 saturated heterocycles. The Labute approximate surface area is 215 Å². The molecule has 0 spiro atoms. The molecule has 0 aliphatic carbocycles. The van der Waals surface area contributed by atoms with Gasteiger partial charge in [-0.3, -0.25) is 23.7 Å². The van der Waals surface area contributed by atoms with Gasteiger partial charge in [0.05, 0.1) is 30.0 Å². The molecule has 3 rings (SSSR count). The molecule has 1 aliphatic heterocycles. The van der Waals surface area contributed by atoms with Crippen LogP contribution in [0.1, 0.15) is 23.7 Å². The van der Waals surface area contributed by atoms with Crippen molar-refractivity contribution >= 4 is 45.8 Å². The summed E-state index contributed by atoms with van der Waals surface area (Å²) in [6.45, 7) is 0.628. The number of hydrogen-bond donors (Lipinski definition) is 5. The van der Waals surface area contributed by atoms with Crippen LogP contribution in [0.5, 0.6) is 0 Å². The molecule has 204 valence electrons. The fraction of sp³-hybridized carbons (Fsp3) is 0.333. The number of benzene rings is 2. The third-order valence-electron chi connectivity index (χ3n) is 4.86. The maximum absolute atomic E-state index is 14.5. The highest BCUT2D eigenvalue weighted by Crippen LogP contribution is 2.32. The van der Waals surface area contributed by atoms with Crippen LogP contribution in [0, 0.1) is 21.0 Å². The van der Waals surface area contributed by atoms with E-state index in [0.29, 0.717) is 3.57 Å². The van der Waals surface area contributed by atoms with Crippen LogP contribution in [0.3, 0.4) is 0 Å². The van der Waals surface area contributed by atoms with Gasteiger partial charge >= 0.3 is 0 Å². The van der Waals surface area contributed by atoms with Crippen LogP contribution in [-0.4, -0.2) is 63.4 Å². The predicted molar refractivity (Wildman–Crippen MR) is 130 cm³/mol. The summed E-state index contributed by atoms with van der Waals surface area (Å²) in [6, 6.07) is 5.30. The lowest BCUT2D eigenvalue weighted by Gasteiger charge is -2.49. The summed E-state index contributed by atoms with van der Waals surface area (Å²) in [5.41, 5.74) is 3.63. The topological polar surface area (TPSA) is 136 Å². The number of nitrogens with two attached hydrogens (primary N) is 1. The molecule has 0 bridgehead atoms. The van der Waals surface area contributed by atoms with Gasteiger partial charge in [-0.1, -0.05) is 0 Å². The average Bonchev–Trinajstić information content (AvgIpc) is 2.70. The molecule has 8 nitrogen and oxygen atoms in total. The first-order valence-corrected chi connectivity index (χ1v) is 10.7. The molecule has 0 radical (unpaired) electrons. The van der Waals surface area contributed by atoms with E-state index in [1.807, 2.05) is 22.6 Å². The normalized spacial score (nSPS) is 13.8. The number of carboxylic acids is 1. The first kappa shape index (κ1) is 35.5. The third-order valence-corrected chi connectivity index (χ3v) is 5.53. The van der Waals surface area contributed by atoms with E-state index in [2.05, 4.69) is 5.32 Å². The Morgan fingerprint density at radius 3 is 2.19 bits per heavy atom. The molecule has 2 aromatic carbocycles. The third kappa shape index (κ3) is 8.49. The van der Waals surface area contributed by atoms with Gasteiger partial charge in [-0.05, 0) is 59.3 Å². The minimum Gasteiger partial charge on any atom is -0.481 e. The van der Waals surface area contributed by atoms with E-state index in [1.54, 1.807) is 6.07 Å². The van der Waals surface area contributed by atoms with Crippen LogP contribution in [0.25, 0.3) is 0 Å². The number of aliphatic carboxylic acids is 1. The van der Waals surface area contributed by atoms with Gasteiger partial charge < -0.3 is 31.3 Å². The van der Waals surface area contributed by atoms with Crippen molar-refractivity contribution in [1.82, 2.24) is 4.90 Å². The zero-order valence-corrected chi connectivity index (χ0v) is 20.9. The van der Waals surface area contributed by atoms with Crippen molar-refractivity contribution in [2.75, 3.05) is 25.0 Å². The van der Waals surface area contributed by atoms with E-state index in [4.69, 9.17) is 20.7 Å². The second kappa shape index (κ2) is 14.8. The molecule has 0 saturated carbocycles. The molecular formula is C21H26F6IN3O5. The second-order valence-corrected chi connectivity index (χ2v) is 8.68. The molecule has 1 aliphatic rings. The quantitative estimate of drug-likeness (QED) is 0.242. The zero-order chi connectivity index (χ0) is 24.9. The molecule has 1 fully saturated rings. The molecule has 1 heterocycles. The number of likely N-dealkylation sites (tertiary alicyclic amines) is 1. The van der Waals surface area contributed by atoms with Gasteiger partial charge in [0, 0.05) is 23.1 Å². The van der Waals surface area contributed by atoms with Gasteiger partial charge in [0.15, 0.2) is 11.6 Å². The molecule has 1 unspecified atom stereocenters. The number of carboxylic acid groups (broad SMARTS) is 1. The van der Waals surface area contributed by atoms with E-state index in [0.717, 1.165) is 19.1 Å². The SMILES string of the molecule is CC(=O)O.F.F.F.NC(CCO)C1(O)CN(C(=O)c2ccc(F)c(F)c2Nc2ccc(I)cc2F)C1. The molecule has 36 heavy (non-hydrogen) atoms. The van der Waals surface area contributed by atoms with Crippen LogP contribution in [-0.2, 0) is 4.79 Å². The largest absolute Gasteiger partial charge is 0.481 e. The number of rotatable bonds is 6. The Morgan fingerprint density at radius 1 is 1.14 bits per heavy atom.